The van der Waals surface area contributed by atoms with E-state index in [4.69, 9.17) is 10.5 Å². The van der Waals surface area contributed by atoms with Crippen molar-refractivity contribution in [2.24, 2.45) is 7.05 Å². The van der Waals surface area contributed by atoms with E-state index in [0.717, 1.165) is 21.5 Å². The molecular formula is C12H14BrN3O. The third-order valence-corrected chi connectivity index (χ3v) is 2.86. The van der Waals surface area contributed by atoms with E-state index in [1.54, 1.807) is 4.68 Å². The smallest absolute Gasteiger partial charge is 0.145 e. The second-order valence-corrected chi connectivity index (χ2v) is 4.83. The van der Waals surface area contributed by atoms with Gasteiger partial charge in [0.2, 0.25) is 0 Å². The summed E-state index contributed by atoms with van der Waals surface area (Å²) in [6, 6.07) is 5.73. The van der Waals surface area contributed by atoms with Crippen molar-refractivity contribution in [3.8, 4) is 5.75 Å². The highest BCUT2D eigenvalue weighted by molar-refractivity contribution is 9.10. The highest BCUT2D eigenvalue weighted by Crippen LogP contribution is 2.30. The van der Waals surface area contributed by atoms with Crippen LogP contribution in [0.5, 0.6) is 5.75 Å². The second-order valence-electron chi connectivity index (χ2n) is 3.91. The Hall–Kier alpha value is -1.49. The van der Waals surface area contributed by atoms with Gasteiger partial charge in [-0.05, 0) is 30.7 Å². The molecule has 17 heavy (non-hydrogen) atoms. The van der Waals surface area contributed by atoms with Crippen molar-refractivity contribution in [3.05, 3.63) is 40.1 Å². The molecule has 0 spiro atoms. The lowest BCUT2D eigenvalue weighted by atomic mass is 10.2. The fourth-order valence-electron chi connectivity index (χ4n) is 1.64. The zero-order chi connectivity index (χ0) is 12.4. The molecule has 0 saturated heterocycles. The van der Waals surface area contributed by atoms with Gasteiger partial charge in [-0.25, -0.2) is 0 Å². The Morgan fingerprint density at radius 1 is 1.47 bits per heavy atom. The van der Waals surface area contributed by atoms with Gasteiger partial charge in [0.25, 0.3) is 0 Å². The second kappa shape index (κ2) is 4.79. The molecule has 0 bridgehead atoms. The number of aromatic nitrogens is 2. The number of aryl methyl sites for hydroxylation is 2. The topological polar surface area (TPSA) is 53.1 Å². The number of rotatable bonds is 3. The number of ether oxygens (including phenoxy) is 1. The molecule has 1 heterocycles. The van der Waals surface area contributed by atoms with Crippen LogP contribution < -0.4 is 10.5 Å². The van der Waals surface area contributed by atoms with Crippen LogP contribution >= 0.6 is 15.9 Å². The van der Waals surface area contributed by atoms with Gasteiger partial charge in [0.15, 0.2) is 0 Å². The van der Waals surface area contributed by atoms with E-state index in [1.165, 1.54) is 0 Å². The van der Waals surface area contributed by atoms with Crippen molar-refractivity contribution in [2.45, 2.75) is 13.5 Å². The molecule has 2 aromatic rings. The Bertz CT molecular complexity index is 513. The number of halogens is 1. The van der Waals surface area contributed by atoms with E-state index < -0.39 is 0 Å². The molecule has 0 radical (unpaired) electrons. The average molecular weight is 296 g/mol. The lowest BCUT2D eigenvalue weighted by Crippen LogP contribution is -2.02. The number of nitrogens with two attached hydrogens (primary N) is 1. The number of hydrogen-bond donors (Lipinski definition) is 1. The first-order valence-electron chi connectivity index (χ1n) is 5.23. The number of nitrogens with zero attached hydrogens (tertiary/aromatic N) is 2. The van der Waals surface area contributed by atoms with E-state index in [9.17, 15) is 0 Å². The molecule has 0 aliphatic heterocycles. The third kappa shape index (κ3) is 2.79. The van der Waals surface area contributed by atoms with Crippen LogP contribution in [0, 0.1) is 6.92 Å². The van der Waals surface area contributed by atoms with E-state index in [2.05, 4.69) is 21.0 Å². The van der Waals surface area contributed by atoms with Gasteiger partial charge in [-0.3, -0.25) is 4.68 Å². The quantitative estimate of drug-likeness (QED) is 0.886. The highest BCUT2D eigenvalue weighted by atomic mass is 79.9. The molecule has 4 nitrogen and oxygen atoms in total. The van der Waals surface area contributed by atoms with Gasteiger partial charge < -0.3 is 10.5 Å². The summed E-state index contributed by atoms with van der Waals surface area (Å²) in [5.41, 5.74) is 8.43. The summed E-state index contributed by atoms with van der Waals surface area (Å²) < 4.78 is 8.40. The van der Waals surface area contributed by atoms with Gasteiger partial charge in [0.1, 0.15) is 12.4 Å². The van der Waals surface area contributed by atoms with Crippen LogP contribution in [0.15, 0.2) is 28.9 Å². The maximum atomic E-state index is 5.91. The summed E-state index contributed by atoms with van der Waals surface area (Å²) in [5, 5.41) is 4.24. The number of benzene rings is 1. The molecule has 1 aromatic heterocycles. The van der Waals surface area contributed by atoms with Gasteiger partial charge in [0.05, 0.1) is 11.4 Å². The summed E-state index contributed by atoms with van der Waals surface area (Å²) in [6.07, 6.45) is 1.89. The highest BCUT2D eigenvalue weighted by Gasteiger charge is 2.07. The van der Waals surface area contributed by atoms with E-state index in [-0.39, 0.29) is 0 Å². The van der Waals surface area contributed by atoms with Gasteiger partial charge in [-0.1, -0.05) is 15.9 Å². The standard InChI is InChI=1S/C12H14BrN3O/c1-8-5-9(13)6-11(14)12(8)17-7-10-3-4-16(2)15-10/h3-6H,7,14H2,1-2H3. The minimum Gasteiger partial charge on any atom is -0.485 e. The van der Waals surface area contributed by atoms with Crippen LogP contribution in [0.25, 0.3) is 0 Å². The first-order valence-corrected chi connectivity index (χ1v) is 6.02. The Kier molecular flexibility index (Phi) is 3.38. The normalized spacial score (nSPS) is 10.5. The van der Waals surface area contributed by atoms with Crippen LogP contribution in [0.4, 0.5) is 5.69 Å². The minimum atomic E-state index is 0.424. The van der Waals surface area contributed by atoms with Crippen LogP contribution in [0.2, 0.25) is 0 Å². The SMILES string of the molecule is Cc1cc(Br)cc(N)c1OCc1ccn(C)n1. The first kappa shape index (κ1) is 12.0. The summed E-state index contributed by atoms with van der Waals surface area (Å²) in [6.45, 7) is 2.39. The molecule has 0 aliphatic rings. The maximum Gasteiger partial charge on any atom is 0.145 e. The molecule has 2 rings (SSSR count). The van der Waals surface area contributed by atoms with E-state index in [1.807, 2.05) is 38.4 Å². The fraction of sp³-hybridized carbons (Fsp3) is 0.250. The summed E-state index contributed by atoms with van der Waals surface area (Å²) in [7, 11) is 1.88. The fourth-order valence-corrected chi connectivity index (χ4v) is 2.23. The molecule has 0 atom stereocenters. The first-order chi connectivity index (χ1) is 8.06. The molecule has 0 unspecified atom stereocenters. The predicted molar refractivity (Wildman–Crippen MR) is 70.8 cm³/mol. The van der Waals surface area contributed by atoms with Crippen molar-refractivity contribution >= 4 is 21.6 Å². The predicted octanol–water partition coefficient (Wildman–Crippen LogP) is 2.65. The molecule has 1 aromatic carbocycles. The Morgan fingerprint density at radius 2 is 2.24 bits per heavy atom. The maximum absolute atomic E-state index is 5.91. The van der Waals surface area contributed by atoms with Crippen LogP contribution in [-0.2, 0) is 13.7 Å². The van der Waals surface area contributed by atoms with Gasteiger partial charge in [0, 0.05) is 17.7 Å². The summed E-state index contributed by atoms with van der Waals surface area (Å²) in [5.74, 6) is 0.721. The monoisotopic (exact) mass is 295 g/mol. The number of hydrogen-bond acceptors (Lipinski definition) is 3. The van der Waals surface area contributed by atoms with Crippen LogP contribution in [-0.4, -0.2) is 9.78 Å². The van der Waals surface area contributed by atoms with Gasteiger partial charge in [-0.2, -0.15) is 5.10 Å². The summed E-state index contributed by atoms with van der Waals surface area (Å²) in [4.78, 5) is 0. The van der Waals surface area contributed by atoms with Gasteiger partial charge in [-0.15, -0.1) is 0 Å². The molecule has 90 valence electrons. The Balaban J connectivity index is 2.14. The van der Waals surface area contributed by atoms with Crippen molar-refractivity contribution in [1.82, 2.24) is 9.78 Å². The van der Waals surface area contributed by atoms with E-state index >= 15 is 0 Å². The van der Waals surface area contributed by atoms with Gasteiger partial charge >= 0.3 is 0 Å². The zero-order valence-corrected chi connectivity index (χ0v) is 11.4. The van der Waals surface area contributed by atoms with Crippen molar-refractivity contribution in [2.75, 3.05) is 5.73 Å². The molecule has 2 N–H and O–H groups in total. The number of anilines is 1. The lowest BCUT2D eigenvalue weighted by molar-refractivity contribution is 0.299. The third-order valence-electron chi connectivity index (χ3n) is 2.40. The molecule has 5 heteroatoms. The van der Waals surface area contributed by atoms with Crippen molar-refractivity contribution in [3.63, 3.8) is 0 Å². The van der Waals surface area contributed by atoms with Crippen molar-refractivity contribution < 1.29 is 4.74 Å². The van der Waals surface area contributed by atoms with E-state index in [0.29, 0.717) is 12.3 Å². The minimum absolute atomic E-state index is 0.424. The molecule has 0 fully saturated rings. The van der Waals surface area contributed by atoms with Crippen molar-refractivity contribution in [1.29, 1.82) is 0 Å². The molecule has 0 saturated carbocycles. The average Bonchev–Trinajstić information content (AvgIpc) is 2.62. The Morgan fingerprint density at radius 3 is 2.82 bits per heavy atom. The molecule has 0 amide bonds. The zero-order valence-electron chi connectivity index (χ0n) is 9.77. The lowest BCUT2D eigenvalue weighted by Gasteiger charge is -2.11. The summed E-state index contributed by atoms with van der Waals surface area (Å²) >= 11 is 3.40. The van der Waals surface area contributed by atoms with Crippen LogP contribution in [0.3, 0.4) is 0 Å². The number of nitrogen functional groups attached to an aromatic ring is 1. The largest absolute Gasteiger partial charge is 0.485 e. The Labute approximate surface area is 109 Å². The van der Waals surface area contributed by atoms with Crippen LogP contribution in [0.1, 0.15) is 11.3 Å². The molecular weight excluding hydrogens is 282 g/mol. The molecule has 0 aliphatic carbocycles.